The van der Waals surface area contributed by atoms with Gasteiger partial charge in [0.1, 0.15) is 17.0 Å². The van der Waals surface area contributed by atoms with Crippen LogP contribution in [0.4, 0.5) is 0 Å². The predicted octanol–water partition coefficient (Wildman–Crippen LogP) is 13.5. The molecular weight excluding hydrogens is 669 g/mol. The van der Waals surface area contributed by atoms with Gasteiger partial charge in [-0.15, -0.1) is 0 Å². The zero-order chi connectivity index (χ0) is 37.4. The molecule has 0 aliphatic rings. The second-order valence-corrected chi connectivity index (χ2v) is 13.5. The van der Waals surface area contributed by atoms with Gasteiger partial charge in [0.05, 0.1) is 0 Å². The van der Waals surface area contributed by atoms with Crippen molar-refractivity contribution in [2.24, 2.45) is 5.73 Å². The van der Waals surface area contributed by atoms with E-state index in [0.29, 0.717) is 0 Å². The molecule has 0 bridgehead atoms. The van der Waals surface area contributed by atoms with Crippen LogP contribution in [0.1, 0.15) is 16.7 Å². The van der Waals surface area contributed by atoms with E-state index < -0.39 is 0 Å². The van der Waals surface area contributed by atoms with Gasteiger partial charge in [0.25, 0.3) is 0 Å². The third-order valence-electron chi connectivity index (χ3n) is 9.85. The van der Waals surface area contributed by atoms with Gasteiger partial charge in [-0.05, 0) is 86.3 Å². The summed E-state index contributed by atoms with van der Waals surface area (Å²) in [7, 11) is 0. The third-order valence-corrected chi connectivity index (χ3v) is 9.85. The Labute approximate surface area is 322 Å². The van der Waals surface area contributed by atoms with Crippen LogP contribution in [0.25, 0.3) is 72.5 Å². The molecule has 0 amide bonds. The highest BCUT2D eigenvalue weighted by molar-refractivity contribution is 6.10. The molecule has 0 atom stereocenters. The molecule has 0 aliphatic carbocycles. The molecule has 264 valence electrons. The Bertz CT molecular complexity index is 2710. The van der Waals surface area contributed by atoms with E-state index in [4.69, 9.17) is 15.6 Å². The molecule has 0 spiro atoms. The molecule has 0 aliphatic heterocycles. The number of amidine groups is 1. The standard InChI is InChI=1S/C45H32O.C7H8N2/c1-4-12-32(13-5-1)14-10-19-37-20-11-21-44-45(37)42-31-39(27-29-43(42)46-44)34-22-24-36(25-23-34)41-30-38(33-15-6-2-7-16-33)26-28-40(41)35-17-8-3-9-18-35;8-7(9)6-4-2-1-3-5-6/h1-13,15-31H,14H2;1-5H,(H3,8,9)/b19-10+;. The zero-order valence-corrected chi connectivity index (χ0v) is 30.4. The molecule has 0 fully saturated rings. The minimum atomic E-state index is 0.121. The quantitative estimate of drug-likeness (QED) is 0.122. The molecule has 3 heteroatoms. The van der Waals surface area contributed by atoms with Crippen molar-refractivity contribution in [3.8, 4) is 44.5 Å². The van der Waals surface area contributed by atoms with Gasteiger partial charge in [0.2, 0.25) is 0 Å². The van der Waals surface area contributed by atoms with Crippen molar-refractivity contribution in [1.29, 1.82) is 5.41 Å². The summed E-state index contributed by atoms with van der Waals surface area (Å²) in [6.07, 6.45) is 5.35. The monoisotopic (exact) mass is 708 g/mol. The highest BCUT2D eigenvalue weighted by atomic mass is 16.3. The minimum Gasteiger partial charge on any atom is -0.456 e. The zero-order valence-electron chi connectivity index (χ0n) is 30.4. The Hall–Kier alpha value is -7.23. The number of hydrogen-bond acceptors (Lipinski definition) is 2. The lowest BCUT2D eigenvalue weighted by molar-refractivity contribution is 0.669. The summed E-state index contributed by atoms with van der Waals surface area (Å²) in [6, 6.07) is 69.7. The van der Waals surface area contributed by atoms with Gasteiger partial charge in [-0.3, -0.25) is 5.41 Å². The number of nitrogens with two attached hydrogens (primary N) is 1. The minimum absolute atomic E-state index is 0.121. The maximum atomic E-state index is 7.01. The maximum absolute atomic E-state index is 7.01. The molecule has 55 heavy (non-hydrogen) atoms. The molecule has 0 saturated carbocycles. The highest BCUT2D eigenvalue weighted by Gasteiger charge is 2.13. The Morgan fingerprint density at radius 1 is 0.473 bits per heavy atom. The van der Waals surface area contributed by atoms with Gasteiger partial charge in [0.15, 0.2) is 0 Å². The van der Waals surface area contributed by atoms with Crippen LogP contribution in [-0.2, 0) is 6.42 Å². The first kappa shape index (κ1) is 34.8. The lowest BCUT2D eigenvalue weighted by atomic mass is 9.90. The maximum Gasteiger partial charge on any atom is 0.136 e. The van der Waals surface area contributed by atoms with Crippen LogP contribution >= 0.6 is 0 Å². The third kappa shape index (κ3) is 7.92. The summed E-state index contributed by atoms with van der Waals surface area (Å²) >= 11 is 0. The summed E-state index contributed by atoms with van der Waals surface area (Å²) in [5, 5.41) is 9.31. The Morgan fingerprint density at radius 2 is 1.02 bits per heavy atom. The van der Waals surface area contributed by atoms with Gasteiger partial charge in [-0.2, -0.15) is 0 Å². The smallest absolute Gasteiger partial charge is 0.136 e. The predicted molar refractivity (Wildman–Crippen MR) is 232 cm³/mol. The van der Waals surface area contributed by atoms with Crippen molar-refractivity contribution >= 4 is 33.9 Å². The van der Waals surface area contributed by atoms with E-state index in [0.717, 1.165) is 33.9 Å². The average molecular weight is 709 g/mol. The summed E-state index contributed by atoms with van der Waals surface area (Å²) in [6.45, 7) is 0. The van der Waals surface area contributed by atoms with E-state index in [1.54, 1.807) is 0 Å². The number of fused-ring (bicyclic) bond motifs is 3. The molecule has 3 N–H and O–H groups in total. The van der Waals surface area contributed by atoms with Crippen LogP contribution in [-0.4, -0.2) is 5.84 Å². The van der Waals surface area contributed by atoms with Crippen molar-refractivity contribution < 1.29 is 4.42 Å². The summed E-state index contributed by atoms with van der Waals surface area (Å²) in [4.78, 5) is 0. The molecule has 0 unspecified atom stereocenters. The van der Waals surface area contributed by atoms with Crippen LogP contribution in [0.5, 0.6) is 0 Å². The van der Waals surface area contributed by atoms with Crippen LogP contribution in [0, 0.1) is 5.41 Å². The Kier molecular flexibility index (Phi) is 10.3. The first-order chi connectivity index (χ1) is 27.1. The van der Waals surface area contributed by atoms with E-state index in [1.807, 2.05) is 30.3 Å². The van der Waals surface area contributed by atoms with Gasteiger partial charge in [-0.1, -0.05) is 188 Å². The number of allylic oxidation sites excluding steroid dienone is 1. The fraction of sp³-hybridized carbons (Fsp3) is 0.0192. The fourth-order valence-electron chi connectivity index (χ4n) is 7.03. The van der Waals surface area contributed by atoms with Crippen LogP contribution in [0.3, 0.4) is 0 Å². The number of nitrogens with one attached hydrogen (secondary N) is 1. The van der Waals surface area contributed by atoms with E-state index >= 15 is 0 Å². The molecular formula is C52H40N2O. The SMILES string of the molecule is C(=C\c1cccc2oc3ccc(-c4ccc(-c5cc(-c6ccccc6)ccc5-c5ccccc5)cc4)cc3c12)/Cc1ccccc1.N=C(N)c1ccccc1. The highest BCUT2D eigenvalue weighted by Crippen LogP contribution is 2.38. The number of benzene rings is 8. The lowest BCUT2D eigenvalue weighted by Crippen LogP contribution is -2.10. The van der Waals surface area contributed by atoms with E-state index in [-0.39, 0.29) is 5.84 Å². The normalized spacial score (nSPS) is 11.1. The number of furan rings is 1. The van der Waals surface area contributed by atoms with E-state index in [1.165, 1.54) is 55.6 Å². The molecule has 9 aromatic rings. The average Bonchev–Trinajstić information content (AvgIpc) is 3.64. The van der Waals surface area contributed by atoms with Gasteiger partial charge in [-0.25, -0.2) is 0 Å². The molecule has 0 saturated heterocycles. The van der Waals surface area contributed by atoms with Crippen molar-refractivity contribution in [3.05, 3.63) is 223 Å². The van der Waals surface area contributed by atoms with Crippen LogP contribution < -0.4 is 5.73 Å². The van der Waals surface area contributed by atoms with E-state index in [2.05, 4.69) is 182 Å². The van der Waals surface area contributed by atoms with Crippen molar-refractivity contribution in [1.82, 2.24) is 0 Å². The number of rotatable bonds is 8. The summed E-state index contributed by atoms with van der Waals surface area (Å²) < 4.78 is 6.29. The molecule has 1 aromatic heterocycles. The Balaban J connectivity index is 0.000000419. The topological polar surface area (TPSA) is 63.0 Å². The fourth-order valence-corrected chi connectivity index (χ4v) is 7.03. The molecule has 8 aromatic carbocycles. The second kappa shape index (κ2) is 16.2. The van der Waals surface area contributed by atoms with E-state index in [9.17, 15) is 0 Å². The number of hydrogen-bond donors (Lipinski definition) is 2. The largest absolute Gasteiger partial charge is 0.456 e. The summed E-state index contributed by atoms with van der Waals surface area (Å²) in [5.41, 5.74) is 19.9. The first-order valence-electron chi connectivity index (χ1n) is 18.5. The number of nitrogen functional groups attached to an aromatic ring is 1. The molecule has 9 rings (SSSR count). The van der Waals surface area contributed by atoms with Crippen LogP contribution in [0.15, 0.2) is 211 Å². The van der Waals surface area contributed by atoms with Gasteiger partial charge < -0.3 is 10.2 Å². The molecule has 3 nitrogen and oxygen atoms in total. The second-order valence-electron chi connectivity index (χ2n) is 13.5. The van der Waals surface area contributed by atoms with Crippen molar-refractivity contribution in [2.75, 3.05) is 0 Å². The van der Waals surface area contributed by atoms with Gasteiger partial charge in [0, 0.05) is 16.3 Å². The Morgan fingerprint density at radius 3 is 1.69 bits per heavy atom. The van der Waals surface area contributed by atoms with Crippen molar-refractivity contribution in [2.45, 2.75) is 6.42 Å². The van der Waals surface area contributed by atoms with Crippen LogP contribution in [0.2, 0.25) is 0 Å². The lowest BCUT2D eigenvalue weighted by Gasteiger charge is -2.14. The first-order valence-corrected chi connectivity index (χ1v) is 18.5. The molecule has 1 heterocycles. The van der Waals surface area contributed by atoms with Gasteiger partial charge >= 0.3 is 0 Å². The molecule has 0 radical (unpaired) electrons. The van der Waals surface area contributed by atoms with Crippen molar-refractivity contribution in [3.63, 3.8) is 0 Å². The summed E-state index contributed by atoms with van der Waals surface area (Å²) in [5.74, 6) is 0.121.